The summed E-state index contributed by atoms with van der Waals surface area (Å²) in [5, 5.41) is 0. The Kier molecular flexibility index (Phi) is 3.25. The highest BCUT2D eigenvalue weighted by molar-refractivity contribution is 9.09. The number of rotatable bonds is 3. The zero-order chi connectivity index (χ0) is 11.8. The Balaban J connectivity index is 1.68. The van der Waals surface area contributed by atoms with Gasteiger partial charge in [-0.25, -0.2) is 4.39 Å². The summed E-state index contributed by atoms with van der Waals surface area (Å²) in [6, 6.07) is 7.17. The number of hydrogen-bond donors (Lipinski definition) is 0. The molecule has 2 heteroatoms. The summed E-state index contributed by atoms with van der Waals surface area (Å²) in [5.74, 6) is 2.58. The average Bonchev–Trinajstić information content (AvgIpc) is 2.94. The van der Waals surface area contributed by atoms with Gasteiger partial charge in [0.15, 0.2) is 0 Å². The molecule has 0 aromatic heterocycles. The van der Waals surface area contributed by atoms with Gasteiger partial charge in [-0.2, -0.15) is 0 Å². The second-order valence-corrected chi connectivity index (χ2v) is 6.83. The number of fused-ring (bicyclic) bond motifs is 2. The fourth-order valence-corrected chi connectivity index (χ4v) is 4.76. The zero-order valence-electron chi connectivity index (χ0n) is 9.91. The molecule has 2 aliphatic carbocycles. The molecule has 0 N–H and O–H groups in total. The standard InChI is InChI=1S/C15H18BrF/c16-14(9-12-3-1-2-4-15(12)17)13-8-10-5-6-11(13)7-10/h1-4,10-11,13-14H,5-9H2. The first-order valence-electron chi connectivity index (χ1n) is 6.61. The SMILES string of the molecule is Fc1ccccc1CC(Br)C1CC2CCC1C2. The lowest BCUT2D eigenvalue weighted by Crippen LogP contribution is -2.23. The van der Waals surface area contributed by atoms with E-state index in [1.165, 1.54) is 25.7 Å². The van der Waals surface area contributed by atoms with Crippen LogP contribution >= 0.6 is 15.9 Å². The van der Waals surface area contributed by atoms with Crippen molar-refractivity contribution in [2.75, 3.05) is 0 Å². The third kappa shape index (κ3) is 2.29. The fraction of sp³-hybridized carbons (Fsp3) is 0.600. The molecule has 1 aromatic carbocycles. The summed E-state index contributed by atoms with van der Waals surface area (Å²) >= 11 is 3.81. The molecule has 2 fully saturated rings. The van der Waals surface area contributed by atoms with Crippen LogP contribution in [0.2, 0.25) is 0 Å². The summed E-state index contributed by atoms with van der Waals surface area (Å²) in [4.78, 5) is 0.453. The van der Waals surface area contributed by atoms with Crippen molar-refractivity contribution >= 4 is 15.9 Å². The van der Waals surface area contributed by atoms with Crippen LogP contribution in [0.5, 0.6) is 0 Å². The van der Waals surface area contributed by atoms with Crippen molar-refractivity contribution in [3.63, 3.8) is 0 Å². The van der Waals surface area contributed by atoms with Gasteiger partial charge in [0.25, 0.3) is 0 Å². The van der Waals surface area contributed by atoms with Crippen molar-refractivity contribution in [3.8, 4) is 0 Å². The lowest BCUT2D eigenvalue weighted by molar-refractivity contribution is 0.325. The van der Waals surface area contributed by atoms with Crippen molar-refractivity contribution in [3.05, 3.63) is 35.6 Å². The molecule has 0 radical (unpaired) electrons. The van der Waals surface area contributed by atoms with Crippen LogP contribution in [0.4, 0.5) is 4.39 Å². The molecule has 1 aromatic rings. The lowest BCUT2D eigenvalue weighted by atomic mass is 9.84. The smallest absolute Gasteiger partial charge is 0.126 e. The third-order valence-corrected chi connectivity index (χ3v) is 5.63. The van der Waals surface area contributed by atoms with Gasteiger partial charge in [0.05, 0.1) is 0 Å². The molecule has 2 saturated carbocycles. The van der Waals surface area contributed by atoms with Gasteiger partial charge in [-0.1, -0.05) is 40.5 Å². The summed E-state index contributed by atoms with van der Waals surface area (Å²) in [5.41, 5.74) is 0.858. The van der Waals surface area contributed by atoms with Crippen molar-refractivity contribution < 1.29 is 4.39 Å². The normalized spacial score (nSPS) is 32.9. The van der Waals surface area contributed by atoms with Crippen LogP contribution in [0.25, 0.3) is 0 Å². The number of halogens is 2. The highest BCUT2D eigenvalue weighted by Gasteiger charge is 2.42. The summed E-state index contributed by atoms with van der Waals surface area (Å²) in [7, 11) is 0. The van der Waals surface area contributed by atoms with E-state index in [9.17, 15) is 4.39 Å². The monoisotopic (exact) mass is 296 g/mol. The molecule has 92 valence electrons. The minimum absolute atomic E-state index is 0.0555. The first-order chi connectivity index (χ1) is 8.24. The topological polar surface area (TPSA) is 0 Å². The quantitative estimate of drug-likeness (QED) is 0.717. The van der Waals surface area contributed by atoms with Gasteiger partial charge in [-0.3, -0.25) is 0 Å². The maximum Gasteiger partial charge on any atom is 0.126 e. The molecular weight excluding hydrogens is 279 g/mol. The summed E-state index contributed by atoms with van der Waals surface area (Å²) in [6.07, 6.45) is 6.44. The molecule has 17 heavy (non-hydrogen) atoms. The Morgan fingerprint density at radius 1 is 1.24 bits per heavy atom. The first kappa shape index (κ1) is 11.7. The van der Waals surface area contributed by atoms with E-state index in [0.717, 1.165) is 29.7 Å². The molecule has 0 aliphatic heterocycles. The van der Waals surface area contributed by atoms with E-state index < -0.39 is 0 Å². The highest BCUT2D eigenvalue weighted by Crippen LogP contribution is 2.51. The molecule has 0 nitrogen and oxygen atoms in total. The van der Waals surface area contributed by atoms with Crippen LogP contribution in [-0.2, 0) is 6.42 Å². The largest absolute Gasteiger partial charge is 0.207 e. The Hall–Kier alpha value is -0.370. The van der Waals surface area contributed by atoms with Crippen molar-refractivity contribution in [1.29, 1.82) is 0 Å². The zero-order valence-corrected chi connectivity index (χ0v) is 11.5. The van der Waals surface area contributed by atoms with Crippen LogP contribution in [0.3, 0.4) is 0 Å². The Bertz CT molecular complexity index is 404. The molecule has 0 heterocycles. The van der Waals surface area contributed by atoms with E-state index in [2.05, 4.69) is 15.9 Å². The van der Waals surface area contributed by atoms with Gasteiger partial charge in [0, 0.05) is 4.83 Å². The van der Waals surface area contributed by atoms with Crippen LogP contribution < -0.4 is 0 Å². The lowest BCUT2D eigenvalue weighted by Gasteiger charge is -2.26. The maximum atomic E-state index is 13.6. The summed E-state index contributed by atoms with van der Waals surface area (Å²) in [6.45, 7) is 0. The Labute approximate surface area is 111 Å². The Morgan fingerprint density at radius 2 is 2.06 bits per heavy atom. The molecule has 0 spiro atoms. The van der Waals surface area contributed by atoms with Crippen LogP contribution in [0.15, 0.2) is 24.3 Å². The molecule has 4 unspecified atom stereocenters. The van der Waals surface area contributed by atoms with E-state index >= 15 is 0 Å². The maximum absolute atomic E-state index is 13.6. The molecule has 2 bridgehead atoms. The van der Waals surface area contributed by atoms with E-state index in [1.807, 2.05) is 12.1 Å². The van der Waals surface area contributed by atoms with Crippen molar-refractivity contribution in [2.24, 2.45) is 17.8 Å². The minimum atomic E-state index is -0.0555. The van der Waals surface area contributed by atoms with Gasteiger partial charge >= 0.3 is 0 Å². The fourth-order valence-electron chi connectivity index (χ4n) is 3.76. The molecule has 4 atom stereocenters. The van der Waals surface area contributed by atoms with Crippen LogP contribution in [-0.4, -0.2) is 4.83 Å². The van der Waals surface area contributed by atoms with Crippen molar-refractivity contribution in [2.45, 2.75) is 36.9 Å². The van der Waals surface area contributed by atoms with Gasteiger partial charge < -0.3 is 0 Å². The summed E-state index contributed by atoms with van der Waals surface area (Å²) < 4.78 is 13.6. The number of benzene rings is 1. The van der Waals surface area contributed by atoms with Crippen LogP contribution in [0, 0.1) is 23.6 Å². The second-order valence-electron chi connectivity index (χ2n) is 5.65. The van der Waals surface area contributed by atoms with Gasteiger partial charge in [0.2, 0.25) is 0 Å². The van der Waals surface area contributed by atoms with Gasteiger partial charge in [0.1, 0.15) is 5.82 Å². The number of alkyl halides is 1. The van der Waals surface area contributed by atoms with Gasteiger partial charge in [-0.05, 0) is 55.1 Å². The predicted molar refractivity (Wildman–Crippen MR) is 71.8 cm³/mol. The molecule has 0 saturated heterocycles. The van der Waals surface area contributed by atoms with Crippen LogP contribution in [0.1, 0.15) is 31.2 Å². The van der Waals surface area contributed by atoms with E-state index in [1.54, 1.807) is 12.1 Å². The first-order valence-corrected chi connectivity index (χ1v) is 7.53. The van der Waals surface area contributed by atoms with E-state index in [-0.39, 0.29) is 5.82 Å². The average molecular weight is 297 g/mol. The Morgan fingerprint density at radius 3 is 2.71 bits per heavy atom. The molecule has 2 aliphatic rings. The predicted octanol–water partition coefficient (Wildman–Crippen LogP) is 4.57. The molecular formula is C15H18BrF. The second kappa shape index (κ2) is 4.72. The molecule has 0 amide bonds. The molecule has 3 rings (SSSR count). The third-order valence-electron chi connectivity index (χ3n) is 4.63. The minimum Gasteiger partial charge on any atom is -0.207 e. The number of hydrogen-bond acceptors (Lipinski definition) is 0. The van der Waals surface area contributed by atoms with E-state index in [4.69, 9.17) is 0 Å². The highest BCUT2D eigenvalue weighted by atomic mass is 79.9. The van der Waals surface area contributed by atoms with Crippen molar-refractivity contribution in [1.82, 2.24) is 0 Å². The van der Waals surface area contributed by atoms with Gasteiger partial charge in [-0.15, -0.1) is 0 Å². The van der Waals surface area contributed by atoms with E-state index in [0.29, 0.717) is 4.83 Å².